The van der Waals surface area contributed by atoms with Gasteiger partial charge in [0.2, 0.25) is 17.8 Å². The van der Waals surface area contributed by atoms with E-state index < -0.39 is 6.17 Å². The van der Waals surface area contributed by atoms with E-state index in [1.54, 1.807) is 17.0 Å². The fourth-order valence-electron chi connectivity index (χ4n) is 3.69. The van der Waals surface area contributed by atoms with E-state index in [4.69, 9.17) is 5.73 Å². The van der Waals surface area contributed by atoms with Crippen LogP contribution in [0.2, 0.25) is 0 Å². The van der Waals surface area contributed by atoms with Gasteiger partial charge in [-0.15, -0.1) is 0 Å². The number of nitrogens with two attached hydrogens (primary N) is 1. The molecule has 2 aliphatic rings. The lowest BCUT2D eigenvalue weighted by Crippen LogP contribution is -2.26. The molecular weight excluding hydrogens is 378 g/mol. The zero-order chi connectivity index (χ0) is 20.0. The van der Waals surface area contributed by atoms with Crippen LogP contribution in [0, 0.1) is 5.82 Å². The lowest BCUT2D eigenvalue weighted by molar-refractivity contribution is 0.357. The Kier molecular flexibility index (Phi) is 4.26. The Morgan fingerprint density at radius 2 is 1.93 bits per heavy atom. The van der Waals surface area contributed by atoms with Crippen molar-refractivity contribution in [2.75, 3.05) is 22.5 Å². The third kappa shape index (κ3) is 3.69. The molecule has 29 heavy (non-hydrogen) atoms. The number of halogens is 2. The summed E-state index contributed by atoms with van der Waals surface area (Å²) in [6, 6.07) is 7.64. The van der Waals surface area contributed by atoms with Crippen LogP contribution in [-0.4, -0.2) is 37.9 Å². The Labute approximate surface area is 165 Å². The van der Waals surface area contributed by atoms with Crippen molar-refractivity contribution in [2.45, 2.75) is 37.4 Å². The number of H-pyrrole nitrogens is 1. The fraction of sp³-hybridized carbons (Fsp3) is 0.368. The maximum atomic E-state index is 14.3. The first-order chi connectivity index (χ1) is 14.0. The van der Waals surface area contributed by atoms with Crippen molar-refractivity contribution >= 4 is 23.7 Å². The summed E-state index contributed by atoms with van der Waals surface area (Å²) in [5.74, 6) is 1.32. The molecule has 2 atom stereocenters. The first-order valence-corrected chi connectivity index (χ1v) is 9.55. The molecule has 4 N–H and O–H groups in total. The van der Waals surface area contributed by atoms with Crippen molar-refractivity contribution in [3.8, 4) is 0 Å². The zero-order valence-corrected chi connectivity index (χ0v) is 15.5. The van der Waals surface area contributed by atoms with E-state index in [-0.39, 0.29) is 42.7 Å². The lowest BCUT2D eigenvalue weighted by Gasteiger charge is -2.24. The number of anilines is 4. The van der Waals surface area contributed by atoms with Crippen molar-refractivity contribution in [2.24, 2.45) is 0 Å². The Hall–Kier alpha value is -3.30. The van der Waals surface area contributed by atoms with Crippen molar-refractivity contribution < 1.29 is 8.78 Å². The number of nitrogens with one attached hydrogen (secondary N) is 2. The summed E-state index contributed by atoms with van der Waals surface area (Å²) in [4.78, 5) is 14.5. The van der Waals surface area contributed by atoms with E-state index in [9.17, 15) is 8.78 Å². The molecule has 150 valence electrons. The molecule has 0 spiro atoms. The highest BCUT2D eigenvalue weighted by Gasteiger charge is 2.35. The number of hydrogen-bond acceptors (Lipinski definition) is 7. The molecule has 5 rings (SSSR count). The number of nitrogen functional groups attached to an aromatic ring is 1. The number of alkyl halides is 1. The van der Waals surface area contributed by atoms with E-state index in [2.05, 4.69) is 30.5 Å². The molecule has 1 saturated carbocycles. The lowest BCUT2D eigenvalue weighted by atomic mass is 10.0. The fourth-order valence-corrected chi connectivity index (χ4v) is 3.69. The summed E-state index contributed by atoms with van der Waals surface area (Å²) in [5, 5.41) is 10.3. The average Bonchev–Trinajstić information content (AvgIpc) is 3.32. The van der Waals surface area contributed by atoms with Gasteiger partial charge in [0.15, 0.2) is 5.82 Å². The second kappa shape index (κ2) is 6.94. The SMILES string of the molecule is Nc1nc(Nc2cc(C3CC3)[nH]n2)nc(N2CC(F)CC2c2ccc(F)cc2)n1. The predicted molar refractivity (Wildman–Crippen MR) is 104 cm³/mol. The van der Waals surface area contributed by atoms with Gasteiger partial charge in [-0.3, -0.25) is 5.10 Å². The largest absolute Gasteiger partial charge is 0.368 e. The van der Waals surface area contributed by atoms with Crippen molar-refractivity contribution in [3.63, 3.8) is 0 Å². The molecule has 3 aromatic rings. The maximum Gasteiger partial charge on any atom is 0.235 e. The van der Waals surface area contributed by atoms with E-state index in [1.165, 1.54) is 12.1 Å². The van der Waals surface area contributed by atoms with E-state index in [0.717, 1.165) is 24.1 Å². The van der Waals surface area contributed by atoms with Gasteiger partial charge in [0, 0.05) is 24.1 Å². The molecular formula is C19H20F2N8. The van der Waals surface area contributed by atoms with Gasteiger partial charge >= 0.3 is 0 Å². The summed E-state index contributed by atoms with van der Waals surface area (Å²) in [7, 11) is 0. The Balaban J connectivity index is 1.42. The van der Waals surface area contributed by atoms with Crippen molar-refractivity contribution in [1.82, 2.24) is 25.1 Å². The van der Waals surface area contributed by atoms with Crippen LogP contribution < -0.4 is 16.0 Å². The van der Waals surface area contributed by atoms with Crippen molar-refractivity contribution in [3.05, 3.63) is 47.4 Å². The predicted octanol–water partition coefficient (Wildman–Crippen LogP) is 3.23. The minimum Gasteiger partial charge on any atom is -0.368 e. The summed E-state index contributed by atoms with van der Waals surface area (Å²) < 4.78 is 27.5. The van der Waals surface area contributed by atoms with Crippen LogP contribution >= 0.6 is 0 Å². The topological polar surface area (TPSA) is 109 Å². The van der Waals surface area contributed by atoms with Gasteiger partial charge in [0.1, 0.15) is 12.0 Å². The standard InChI is InChI=1S/C19H20F2N8/c20-12-5-3-11(4-6-12)15-7-13(21)9-29(15)19-25-17(22)24-18(26-19)23-16-8-14(27-28-16)10-1-2-10/h3-6,8,10,13,15H,1-2,7,9H2,(H4,22,23,24,25,26,27,28). The normalized spacial score (nSPS) is 21.5. The number of benzene rings is 1. The van der Waals surface area contributed by atoms with Crippen LogP contribution in [0.15, 0.2) is 30.3 Å². The molecule has 1 aliphatic heterocycles. The molecule has 1 aliphatic carbocycles. The molecule has 2 unspecified atom stereocenters. The number of hydrogen-bond donors (Lipinski definition) is 3. The number of nitrogens with zero attached hydrogens (tertiary/aromatic N) is 5. The maximum absolute atomic E-state index is 14.3. The summed E-state index contributed by atoms with van der Waals surface area (Å²) in [6.45, 7) is 0.124. The van der Waals surface area contributed by atoms with Crippen molar-refractivity contribution in [1.29, 1.82) is 0 Å². The first kappa shape index (κ1) is 17.8. The van der Waals surface area contributed by atoms with Crippen LogP contribution in [0.3, 0.4) is 0 Å². The molecule has 10 heteroatoms. The van der Waals surface area contributed by atoms with E-state index >= 15 is 0 Å². The Bertz CT molecular complexity index is 1020. The van der Waals surface area contributed by atoms with E-state index in [0.29, 0.717) is 11.7 Å². The smallest absolute Gasteiger partial charge is 0.235 e. The third-order valence-corrected chi connectivity index (χ3v) is 5.26. The molecule has 1 aromatic carbocycles. The monoisotopic (exact) mass is 398 g/mol. The minimum atomic E-state index is -1.05. The van der Waals surface area contributed by atoms with Gasteiger partial charge < -0.3 is 16.0 Å². The van der Waals surface area contributed by atoms with E-state index in [1.807, 2.05) is 6.07 Å². The number of rotatable bonds is 5. The second-order valence-electron chi connectivity index (χ2n) is 7.48. The molecule has 2 aromatic heterocycles. The summed E-state index contributed by atoms with van der Waals surface area (Å²) in [6.07, 6.45) is 1.54. The molecule has 2 fully saturated rings. The van der Waals surface area contributed by atoms with Crippen LogP contribution in [0.4, 0.5) is 32.4 Å². The average molecular weight is 398 g/mol. The van der Waals surface area contributed by atoms with Gasteiger partial charge in [-0.05, 0) is 30.5 Å². The Morgan fingerprint density at radius 1 is 1.14 bits per heavy atom. The highest BCUT2D eigenvalue weighted by molar-refractivity contribution is 5.53. The second-order valence-corrected chi connectivity index (χ2v) is 7.48. The first-order valence-electron chi connectivity index (χ1n) is 9.55. The highest BCUT2D eigenvalue weighted by Crippen LogP contribution is 2.40. The molecule has 3 heterocycles. The van der Waals surface area contributed by atoms with Gasteiger partial charge in [-0.2, -0.15) is 20.1 Å². The van der Waals surface area contributed by atoms with Crippen LogP contribution in [0.5, 0.6) is 0 Å². The molecule has 8 nitrogen and oxygen atoms in total. The third-order valence-electron chi connectivity index (χ3n) is 5.26. The van der Waals surface area contributed by atoms with Gasteiger partial charge in [-0.25, -0.2) is 8.78 Å². The van der Waals surface area contributed by atoms with Crippen LogP contribution in [0.25, 0.3) is 0 Å². The highest BCUT2D eigenvalue weighted by atomic mass is 19.1. The summed E-state index contributed by atoms with van der Waals surface area (Å²) in [5.41, 5.74) is 7.75. The number of aromatic nitrogens is 5. The Morgan fingerprint density at radius 3 is 2.69 bits per heavy atom. The molecule has 0 amide bonds. The van der Waals surface area contributed by atoms with Crippen LogP contribution in [-0.2, 0) is 0 Å². The van der Waals surface area contributed by atoms with Crippen LogP contribution in [0.1, 0.15) is 42.5 Å². The van der Waals surface area contributed by atoms with Gasteiger partial charge in [0.05, 0.1) is 12.6 Å². The quantitative estimate of drug-likeness (QED) is 0.605. The van der Waals surface area contributed by atoms with Gasteiger partial charge in [-0.1, -0.05) is 12.1 Å². The molecule has 1 saturated heterocycles. The minimum absolute atomic E-state index is 0.0237. The molecule has 0 radical (unpaired) electrons. The summed E-state index contributed by atoms with van der Waals surface area (Å²) >= 11 is 0. The van der Waals surface area contributed by atoms with Gasteiger partial charge in [0.25, 0.3) is 0 Å². The zero-order valence-electron chi connectivity index (χ0n) is 15.5. The number of aromatic amines is 1. The molecule has 0 bridgehead atoms.